The SMILES string of the molecule is Oc1cccc(C(O)C2CCCCCC2)c1. The summed E-state index contributed by atoms with van der Waals surface area (Å²) < 4.78 is 0. The van der Waals surface area contributed by atoms with Crippen molar-refractivity contribution in [2.24, 2.45) is 5.92 Å². The van der Waals surface area contributed by atoms with Crippen LogP contribution in [0.15, 0.2) is 24.3 Å². The molecule has 1 aromatic rings. The molecular weight excluding hydrogens is 200 g/mol. The van der Waals surface area contributed by atoms with Crippen LogP contribution < -0.4 is 0 Å². The Morgan fingerprint density at radius 2 is 1.75 bits per heavy atom. The van der Waals surface area contributed by atoms with Crippen molar-refractivity contribution < 1.29 is 10.2 Å². The van der Waals surface area contributed by atoms with Crippen LogP contribution in [0.5, 0.6) is 5.75 Å². The molecule has 1 fully saturated rings. The predicted molar refractivity (Wildman–Crippen MR) is 64.3 cm³/mol. The number of aromatic hydroxyl groups is 1. The van der Waals surface area contributed by atoms with Gasteiger partial charge in [0.15, 0.2) is 0 Å². The number of hydrogen-bond donors (Lipinski definition) is 2. The fourth-order valence-corrected chi connectivity index (χ4v) is 2.61. The van der Waals surface area contributed by atoms with E-state index in [1.807, 2.05) is 6.07 Å². The van der Waals surface area contributed by atoms with Gasteiger partial charge in [0.2, 0.25) is 0 Å². The summed E-state index contributed by atoms with van der Waals surface area (Å²) >= 11 is 0. The number of aliphatic hydroxyl groups is 1. The molecule has 88 valence electrons. The summed E-state index contributed by atoms with van der Waals surface area (Å²) in [5, 5.41) is 19.7. The number of phenols is 1. The smallest absolute Gasteiger partial charge is 0.115 e. The Morgan fingerprint density at radius 1 is 1.06 bits per heavy atom. The maximum atomic E-state index is 10.3. The van der Waals surface area contributed by atoms with Crippen molar-refractivity contribution in [2.75, 3.05) is 0 Å². The lowest BCUT2D eigenvalue weighted by atomic mass is 9.89. The second-order valence-electron chi connectivity index (χ2n) is 4.79. The molecule has 1 aliphatic carbocycles. The zero-order chi connectivity index (χ0) is 11.4. The third-order valence-electron chi connectivity index (χ3n) is 3.56. The molecule has 0 saturated heterocycles. The molecule has 2 N–H and O–H groups in total. The monoisotopic (exact) mass is 220 g/mol. The Bertz CT molecular complexity index is 327. The van der Waals surface area contributed by atoms with Gasteiger partial charge in [-0.15, -0.1) is 0 Å². The summed E-state index contributed by atoms with van der Waals surface area (Å²) in [4.78, 5) is 0. The van der Waals surface area contributed by atoms with Gasteiger partial charge in [0.25, 0.3) is 0 Å². The van der Waals surface area contributed by atoms with Crippen molar-refractivity contribution in [3.8, 4) is 5.75 Å². The van der Waals surface area contributed by atoms with Crippen LogP contribution in [0.25, 0.3) is 0 Å². The molecule has 2 rings (SSSR count). The van der Waals surface area contributed by atoms with E-state index >= 15 is 0 Å². The molecule has 1 unspecified atom stereocenters. The third kappa shape index (κ3) is 2.76. The van der Waals surface area contributed by atoms with Crippen molar-refractivity contribution >= 4 is 0 Å². The average Bonchev–Trinajstić information content (AvgIpc) is 2.56. The van der Waals surface area contributed by atoms with Gasteiger partial charge in [-0.1, -0.05) is 37.8 Å². The van der Waals surface area contributed by atoms with Crippen LogP contribution in [0.1, 0.15) is 50.2 Å². The first-order chi connectivity index (χ1) is 7.77. The minimum absolute atomic E-state index is 0.241. The fraction of sp³-hybridized carbons (Fsp3) is 0.571. The quantitative estimate of drug-likeness (QED) is 0.750. The molecule has 1 aliphatic rings. The summed E-state index contributed by atoms with van der Waals surface area (Å²) in [6, 6.07) is 7.01. The van der Waals surface area contributed by atoms with E-state index in [0.717, 1.165) is 18.4 Å². The van der Waals surface area contributed by atoms with Crippen LogP contribution in [-0.4, -0.2) is 10.2 Å². The third-order valence-corrected chi connectivity index (χ3v) is 3.56. The summed E-state index contributed by atoms with van der Waals surface area (Å²) in [6.07, 6.45) is 6.84. The zero-order valence-corrected chi connectivity index (χ0v) is 9.60. The first-order valence-corrected chi connectivity index (χ1v) is 6.24. The van der Waals surface area contributed by atoms with Gasteiger partial charge >= 0.3 is 0 Å². The number of benzene rings is 1. The molecule has 1 saturated carbocycles. The predicted octanol–water partition coefficient (Wildman–Crippen LogP) is 3.40. The molecule has 0 heterocycles. The molecule has 2 heteroatoms. The Balaban J connectivity index is 2.07. The molecule has 1 atom stereocenters. The standard InChI is InChI=1S/C14H20O2/c15-13-9-5-8-12(10-13)14(16)11-6-3-1-2-4-7-11/h5,8-11,14-16H,1-4,6-7H2. The van der Waals surface area contributed by atoms with E-state index in [0.29, 0.717) is 5.92 Å². The van der Waals surface area contributed by atoms with Gasteiger partial charge in [0.05, 0.1) is 6.10 Å². The van der Waals surface area contributed by atoms with Crippen LogP contribution in [0.3, 0.4) is 0 Å². The minimum Gasteiger partial charge on any atom is -0.508 e. The molecule has 0 aliphatic heterocycles. The summed E-state index contributed by atoms with van der Waals surface area (Å²) in [6.45, 7) is 0. The van der Waals surface area contributed by atoms with Gasteiger partial charge in [0, 0.05) is 0 Å². The van der Waals surface area contributed by atoms with Crippen LogP contribution >= 0.6 is 0 Å². The second-order valence-corrected chi connectivity index (χ2v) is 4.79. The van der Waals surface area contributed by atoms with Crippen molar-refractivity contribution in [1.82, 2.24) is 0 Å². The lowest BCUT2D eigenvalue weighted by Gasteiger charge is -2.21. The molecule has 0 bridgehead atoms. The largest absolute Gasteiger partial charge is 0.508 e. The minimum atomic E-state index is -0.412. The van der Waals surface area contributed by atoms with E-state index in [9.17, 15) is 10.2 Å². The number of hydrogen-bond acceptors (Lipinski definition) is 2. The van der Waals surface area contributed by atoms with E-state index in [2.05, 4.69) is 0 Å². The van der Waals surface area contributed by atoms with Crippen molar-refractivity contribution in [2.45, 2.75) is 44.6 Å². The lowest BCUT2D eigenvalue weighted by molar-refractivity contribution is 0.0986. The molecule has 0 aromatic heterocycles. The highest BCUT2D eigenvalue weighted by Gasteiger charge is 2.22. The van der Waals surface area contributed by atoms with Crippen LogP contribution in [0.4, 0.5) is 0 Å². The molecule has 0 radical (unpaired) electrons. The Morgan fingerprint density at radius 3 is 2.38 bits per heavy atom. The fourth-order valence-electron chi connectivity index (χ4n) is 2.61. The van der Waals surface area contributed by atoms with Crippen LogP contribution in [-0.2, 0) is 0 Å². The first-order valence-electron chi connectivity index (χ1n) is 6.24. The number of rotatable bonds is 2. The Hall–Kier alpha value is -1.02. The molecule has 1 aromatic carbocycles. The van der Waals surface area contributed by atoms with Crippen molar-refractivity contribution in [3.63, 3.8) is 0 Å². The van der Waals surface area contributed by atoms with Crippen LogP contribution in [0, 0.1) is 5.92 Å². The molecule has 16 heavy (non-hydrogen) atoms. The van der Waals surface area contributed by atoms with Crippen molar-refractivity contribution in [3.05, 3.63) is 29.8 Å². The molecule has 0 spiro atoms. The Kier molecular flexibility index (Phi) is 3.83. The number of phenolic OH excluding ortho intramolecular Hbond substituents is 1. The van der Waals surface area contributed by atoms with E-state index in [1.54, 1.807) is 18.2 Å². The van der Waals surface area contributed by atoms with Crippen molar-refractivity contribution in [1.29, 1.82) is 0 Å². The maximum Gasteiger partial charge on any atom is 0.115 e. The Labute approximate surface area is 96.9 Å². The van der Waals surface area contributed by atoms with Gasteiger partial charge < -0.3 is 10.2 Å². The van der Waals surface area contributed by atoms with E-state index in [4.69, 9.17) is 0 Å². The zero-order valence-electron chi connectivity index (χ0n) is 9.60. The van der Waals surface area contributed by atoms with E-state index in [1.165, 1.54) is 25.7 Å². The normalized spacial score (nSPS) is 20.3. The lowest BCUT2D eigenvalue weighted by Crippen LogP contribution is -2.11. The van der Waals surface area contributed by atoms with Gasteiger partial charge in [-0.3, -0.25) is 0 Å². The highest BCUT2D eigenvalue weighted by molar-refractivity contribution is 5.28. The summed E-state index contributed by atoms with van der Waals surface area (Å²) in [5.41, 5.74) is 0.854. The molecule has 0 amide bonds. The average molecular weight is 220 g/mol. The van der Waals surface area contributed by atoms with E-state index < -0.39 is 6.10 Å². The van der Waals surface area contributed by atoms with Gasteiger partial charge in [-0.25, -0.2) is 0 Å². The van der Waals surface area contributed by atoms with E-state index in [-0.39, 0.29) is 5.75 Å². The van der Waals surface area contributed by atoms with Gasteiger partial charge in [-0.05, 0) is 36.5 Å². The van der Waals surface area contributed by atoms with Gasteiger partial charge in [0.1, 0.15) is 5.75 Å². The van der Waals surface area contributed by atoms with Crippen LogP contribution in [0.2, 0.25) is 0 Å². The number of aliphatic hydroxyl groups excluding tert-OH is 1. The summed E-state index contributed by atoms with van der Waals surface area (Å²) in [7, 11) is 0. The van der Waals surface area contributed by atoms with Gasteiger partial charge in [-0.2, -0.15) is 0 Å². The molecule has 2 nitrogen and oxygen atoms in total. The highest BCUT2D eigenvalue weighted by Crippen LogP contribution is 2.34. The summed E-state index contributed by atoms with van der Waals surface area (Å²) in [5.74, 6) is 0.606. The molecular formula is C14H20O2. The topological polar surface area (TPSA) is 40.5 Å². The second kappa shape index (κ2) is 5.35. The highest BCUT2D eigenvalue weighted by atomic mass is 16.3. The first kappa shape index (κ1) is 11.5. The maximum absolute atomic E-state index is 10.3.